The first-order valence-corrected chi connectivity index (χ1v) is 11.4. The predicted octanol–water partition coefficient (Wildman–Crippen LogP) is 3.93. The summed E-state index contributed by atoms with van der Waals surface area (Å²) >= 11 is 6.09. The van der Waals surface area contributed by atoms with Gasteiger partial charge in [0.05, 0.1) is 17.5 Å². The number of imide groups is 1. The maximum Gasteiger partial charge on any atom is 0.233 e. The van der Waals surface area contributed by atoms with E-state index in [0.717, 1.165) is 19.3 Å². The van der Waals surface area contributed by atoms with Gasteiger partial charge in [-0.05, 0) is 49.3 Å². The zero-order chi connectivity index (χ0) is 22.4. The summed E-state index contributed by atoms with van der Waals surface area (Å²) in [5, 5.41) is 3.14. The highest BCUT2D eigenvalue weighted by molar-refractivity contribution is 6.31. The number of fused-ring (bicyclic) bond motifs is 5. The molecule has 2 bridgehead atoms. The summed E-state index contributed by atoms with van der Waals surface area (Å²) in [7, 11) is 0. The molecule has 6 nitrogen and oxygen atoms in total. The first-order chi connectivity index (χ1) is 15.4. The molecule has 164 valence electrons. The molecule has 32 heavy (non-hydrogen) atoms. The number of halogens is 1. The minimum Gasteiger partial charge on any atom is -0.325 e. The summed E-state index contributed by atoms with van der Waals surface area (Å²) in [5.74, 6) is -0.585. The molecule has 5 rings (SSSR count). The first-order valence-electron chi connectivity index (χ1n) is 11.0. The maximum absolute atomic E-state index is 12.9. The molecular formula is C25H23ClN2O4. The van der Waals surface area contributed by atoms with Crippen LogP contribution in [0.15, 0.2) is 48.5 Å². The third kappa shape index (κ3) is 3.52. The van der Waals surface area contributed by atoms with Crippen molar-refractivity contribution in [2.45, 2.75) is 25.7 Å². The standard InChI is InChI=1S/C25H23ClN2O4/c26-17-8-9-19(18(13-17)23(30)14-4-2-1-3-5-14)27-20(29)10-11-28-24(31)21-15-6-7-16(12-15)22(21)25(28)32/h1-5,8-9,13,15-16,21-22H,6-7,10-12H2,(H,27,29)/t15-,16-,21+,22+/m0/s1. The van der Waals surface area contributed by atoms with Gasteiger partial charge in [-0.3, -0.25) is 24.1 Å². The normalized spacial score (nSPS) is 25.8. The fourth-order valence-electron chi connectivity index (χ4n) is 5.68. The van der Waals surface area contributed by atoms with Crippen molar-refractivity contribution in [3.63, 3.8) is 0 Å². The van der Waals surface area contributed by atoms with Gasteiger partial charge in [0.1, 0.15) is 0 Å². The van der Waals surface area contributed by atoms with Crippen LogP contribution in [0.2, 0.25) is 5.02 Å². The van der Waals surface area contributed by atoms with Crippen LogP contribution in [0.25, 0.3) is 0 Å². The number of nitrogens with one attached hydrogen (secondary N) is 1. The molecule has 1 aliphatic heterocycles. The molecule has 3 amide bonds. The van der Waals surface area contributed by atoms with Crippen LogP contribution >= 0.6 is 11.6 Å². The number of likely N-dealkylation sites (tertiary alicyclic amines) is 1. The van der Waals surface area contributed by atoms with Gasteiger partial charge in [-0.25, -0.2) is 0 Å². The highest BCUT2D eigenvalue weighted by Crippen LogP contribution is 2.56. The van der Waals surface area contributed by atoms with Crippen LogP contribution in [0.4, 0.5) is 5.69 Å². The van der Waals surface area contributed by atoms with Crippen LogP contribution in [0.3, 0.4) is 0 Å². The number of carbonyl (C=O) groups excluding carboxylic acids is 4. The Bertz CT molecular complexity index is 1090. The average molecular weight is 451 g/mol. The molecule has 0 unspecified atom stereocenters. The molecule has 0 spiro atoms. The smallest absolute Gasteiger partial charge is 0.233 e. The van der Waals surface area contributed by atoms with Gasteiger partial charge in [0, 0.05) is 29.1 Å². The second-order valence-electron chi connectivity index (χ2n) is 8.90. The van der Waals surface area contributed by atoms with E-state index in [-0.39, 0.29) is 53.9 Å². The predicted molar refractivity (Wildman–Crippen MR) is 119 cm³/mol. The zero-order valence-electron chi connectivity index (χ0n) is 17.4. The molecule has 2 saturated carbocycles. The van der Waals surface area contributed by atoms with Crippen LogP contribution in [0, 0.1) is 23.7 Å². The van der Waals surface area contributed by atoms with Crippen LogP contribution in [-0.2, 0) is 14.4 Å². The van der Waals surface area contributed by atoms with E-state index in [1.807, 2.05) is 6.07 Å². The van der Waals surface area contributed by atoms with Gasteiger partial charge in [0.25, 0.3) is 0 Å². The lowest BCUT2D eigenvalue weighted by atomic mass is 9.81. The molecule has 4 atom stereocenters. The van der Waals surface area contributed by atoms with Crippen molar-refractivity contribution in [2.75, 3.05) is 11.9 Å². The Hall–Kier alpha value is -2.99. The third-order valence-corrected chi connectivity index (χ3v) is 7.35. The van der Waals surface area contributed by atoms with Gasteiger partial charge < -0.3 is 5.32 Å². The van der Waals surface area contributed by atoms with Gasteiger partial charge in [-0.2, -0.15) is 0 Å². The van der Waals surface area contributed by atoms with E-state index < -0.39 is 0 Å². The second-order valence-corrected chi connectivity index (χ2v) is 9.33. The van der Waals surface area contributed by atoms with Crippen LogP contribution < -0.4 is 5.32 Å². The average Bonchev–Trinajstić information content (AvgIpc) is 3.48. The van der Waals surface area contributed by atoms with E-state index in [9.17, 15) is 19.2 Å². The molecule has 1 heterocycles. The fraction of sp³-hybridized carbons (Fsp3) is 0.360. The largest absolute Gasteiger partial charge is 0.325 e. The number of rotatable bonds is 6. The topological polar surface area (TPSA) is 83.6 Å². The quantitative estimate of drug-likeness (QED) is 0.534. The summed E-state index contributed by atoms with van der Waals surface area (Å²) in [6.07, 6.45) is 3.01. The molecule has 3 fully saturated rings. The van der Waals surface area contributed by atoms with E-state index in [2.05, 4.69) is 5.32 Å². The molecule has 7 heteroatoms. The molecule has 1 saturated heterocycles. The lowest BCUT2D eigenvalue weighted by molar-refractivity contribution is -0.140. The van der Waals surface area contributed by atoms with Gasteiger partial charge in [0.15, 0.2) is 5.78 Å². The van der Waals surface area contributed by atoms with Crippen LogP contribution in [0.1, 0.15) is 41.6 Å². The van der Waals surface area contributed by atoms with Gasteiger partial charge in [0.2, 0.25) is 17.7 Å². The van der Waals surface area contributed by atoms with E-state index in [1.54, 1.807) is 36.4 Å². The SMILES string of the molecule is O=C(CCN1C(=O)[C@@H]2[C@H]3CC[C@@H](C3)[C@H]2C1=O)Nc1ccc(Cl)cc1C(=O)c1ccccc1. The number of anilines is 1. The first kappa shape index (κ1) is 20.9. The summed E-state index contributed by atoms with van der Waals surface area (Å²) < 4.78 is 0. The highest BCUT2D eigenvalue weighted by Gasteiger charge is 2.60. The van der Waals surface area contributed by atoms with E-state index >= 15 is 0 Å². The molecule has 2 aliphatic carbocycles. The van der Waals surface area contributed by atoms with Gasteiger partial charge in [-0.15, -0.1) is 0 Å². The Morgan fingerprint density at radius 2 is 1.62 bits per heavy atom. The van der Waals surface area contributed by atoms with Crippen molar-refractivity contribution >= 4 is 40.8 Å². The Morgan fingerprint density at radius 1 is 0.969 bits per heavy atom. The van der Waals surface area contributed by atoms with E-state index in [0.29, 0.717) is 28.1 Å². The number of benzene rings is 2. The van der Waals surface area contributed by atoms with Crippen molar-refractivity contribution in [1.29, 1.82) is 0 Å². The Morgan fingerprint density at radius 3 is 2.28 bits per heavy atom. The number of nitrogens with zero attached hydrogens (tertiary/aromatic N) is 1. The van der Waals surface area contributed by atoms with Crippen molar-refractivity contribution < 1.29 is 19.2 Å². The van der Waals surface area contributed by atoms with Crippen molar-refractivity contribution in [1.82, 2.24) is 4.90 Å². The zero-order valence-corrected chi connectivity index (χ0v) is 18.2. The molecule has 0 radical (unpaired) electrons. The Balaban J connectivity index is 1.27. The molecular weight excluding hydrogens is 428 g/mol. The Labute approximate surface area is 190 Å². The monoisotopic (exact) mass is 450 g/mol. The molecule has 1 N–H and O–H groups in total. The van der Waals surface area contributed by atoms with Crippen molar-refractivity contribution in [3.05, 3.63) is 64.7 Å². The molecule has 2 aromatic rings. The lowest BCUT2D eigenvalue weighted by Gasteiger charge is -2.19. The molecule has 0 aromatic heterocycles. The summed E-state index contributed by atoms with van der Waals surface area (Å²) in [6.45, 7) is 0.0610. The lowest BCUT2D eigenvalue weighted by Crippen LogP contribution is -2.35. The van der Waals surface area contributed by atoms with Crippen molar-refractivity contribution in [2.24, 2.45) is 23.7 Å². The van der Waals surface area contributed by atoms with E-state index in [1.165, 1.54) is 11.0 Å². The number of hydrogen-bond donors (Lipinski definition) is 1. The summed E-state index contributed by atoms with van der Waals surface area (Å²) in [5.41, 5.74) is 1.12. The maximum atomic E-state index is 12.9. The molecule has 3 aliphatic rings. The van der Waals surface area contributed by atoms with Crippen LogP contribution in [-0.4, -0.2) is 34.9 Å². The van der Waals surface area contributed by atoms with Gasteiger partial charge in [-0.1, -0.05) is 41.9 Å². The third-order valence-electron chi connectivity index (χ3n) is 7.12. The fourth-order valence-corrected chi connectivity index (χ4v) is 5.85. The number of amides is 3. The van der Waals surface area contributed by atoms with Gasteiger partial charge >= 0.3 is 0 Å². The second kappa shape index (κ2) is 8.17. The van der Waals surface area contributed by atoms with E-state index in [4.69, 9.17) is 11.6 Å². The minimum atomic E-state index is -0.366. The Kier molecular flexibility index (Phi) is 5.33. The number of ketones is 1. The number of hydrogen-bond acceptors (Lipinski definition) is 4. The van der Waals surface area contributed by atoms with Crippen LogP contribution in [0.5, 0.6) is 0 Å². The highest BCUT2D eigenvalue weighted by atomic mass is 35.5. The summed E-state index contributed by atoms with van der Waals surface area (Å²) in [6, 6.07) is 13.5. The molecule has 2 aromatic carbocycles. The minimum absolute atomic E-state index is 0.0200. The van der Waals surface area contributed by atoms with Crippen molar-refractivity contribution in [3.8, 4) is 0 Å². The summed E-state index contributed by atoms with van der Waals surface area (Å²) in [4.78, 5) is 52.5. The number of carbonyl (C=O) groups is 4.